The molecule has 1 aromatic carbocycles. The number of rotatable bonds is 5. The Bertz CT molecular complexity index is 428. The Morgan fingerprint density at radius 3 is 2.65 bits per heavy atom. The lowest BCUT2D eigenvalue weighted by molar-refractivity contribution is -0.124. The van der Waals surface area contributed by atoms with Crippen molar-refractivity contribution in [2.75, 3.05) is 39.4 Å². The van der Waals surface area contributed by atoms with E-state index in [0.717, 1.165) is 18.7 Å². The lowest BCUT2D eigenvalue weighted by atomic mass is 9.96. The molecule has 1 heterocycles. The largest absolute Gasteiger partial charge is 0.384 e. The zero-order valence-corrected chi connectivity index (χ0v) is 11.8. The third kappa shape index (κ3) is 4.30. The summed E-state index contributed by atoms with van der Waals surface area (Å²) in [6, 6.07) is 9.36. The molecule has 0 aliphatic carbocycles. The molecular weight excluding hydrogens is 256 g/mol. The van der Waals surface area contributed by atoms with E-state index in [1.807, 2.05) is 30.3 Å². The second-order valence-electron chi connectivity index (χ2n) is 5.31. The summed E-state index contributed by atoms with van der Waals surface area (Å²) in [5.41, 5.74) is -0.256. The summed E-state index contributed by atoms with van der Waals surface area (Å²) in [6.45, 7) is 5.18. The Labute approximate surface area is 119 Å². The highest BCUT2D eigenvalue weighted by atomic mass is 16.5. The summed E-state index contributed by atoms with van der Waals surface area (Å²) >= 11 is 0. The SMILES string of the molecule is CC(O)(CNC(=O)CN1CCOCC1)c1ccccc1. The van der Waals surface area contributed by atoms with Gasteiger partial charge in [0.2, 0.25) is 5.91 Å². The third-order valence-corrected chi connectivity index (χ3v) is 3.50. The van der Waals surface area contributed by atoms with Gasteiger partial charge in [-0.2, -0.15) is 0 Å². The van der Waals surface area contributed by atoms with Crippen LogP contribution in [0.4, 0.5) is 0 Å². The molecular formula is C15H22N2O3. The number of benzene rings is 1. The van der Waals surface area contributed by atoms with E-state index < -0.39 is 5.60 Å². The summed E-state index contributed by atoms with van der Waals surface area (Å²) in [5.74, 6) is -0.0666. The molecule has 1 unspecified atom stereocenters. The van der Waals surface area contributed by atoms with Crippen LogP contribution in [0.2, 0.25) is 0 Å². The number of aliphatic hydroxyl groups is 1. The first-order chi connectivity index (χ1) is 9.58. The molecule has 2 N–H and O–H groups in total. The highest BCUT2D eigenvalue weighted by Gasteiger charge is 2.24. The Hall–Kier alpha value is -1.43. The Kier molecular flexibility index (Phi) is 5.11. The maximum absolute atomic E-state index is 11.9. The van der Waals surface area contributed by atoms with E-state index in [1.54, 1.807) is 6.92 Å². The van der Waals surface area contributed by atoms with Gasteiger partial charge in [0.25, 0.3) is 0 Å². The number of carbonyl (C=O) groups is 1. The van der Waals surface area contributed by atoms with Crippen LogP contribution in [-0.4, -0.2) is 55.3 Å². The van der Waals surface area contributed by atoms with Gasteiger partial charge in [0.05, 0.1) is 26.3 Å². The molecule has 0 spiro atoms. The number of ether oxygens (including phenoxy) is 1. The molecule has 1 fully saturated rings. The lowest BCUT2D eigenvalue weighted by Crippen LogP contribution is -2.46. The normalized spacial score (nSPS) is 19.3. The lowest BCUT2D eigenvalue weighted by Gasteiger charge is -2.27. The van der Waals surface area contributed by atoms with Gasteiger partial charge in [-0.3, -0.25) is 9.69 Å². The summed E-state index contributed by atoms with van der Waals surface area (Å²) in [5, 5.41) is 13.2. The Morgan fingerprint density at radius 2 is 2.00 bits per heavy atom. The predicted octanol–water partition coefficient (Wildman–Crippen LogP) is 0.343. The van der Waals surface area contributed by atoms with Crippen molar-refractivity contribution in [1.82, 2.24) is 10.2 Å². The second kappa shape index (κ2) is 6.83. The number of morpholine rings is 1. The number of hydrogen-bond acceptors (Lipinski definition) is 4. The molecule has 110 valence electrons. The highest BCUT2D eigenvalue weighted by Crippen LogP contribution is 2.18. The molecule has 0 radical (unpaired) electrons. The summed E-state index contributed by atoms with van der Waals surface area (Å²) in [6.07, 6.45) is 0. The zero-order chi connectivity index (χ0) is 14.4. The molecule has 0 bridgehead atoms. The van der Waals surface area contributed by atoms with Crippen LogP contribution >= 0.6 is 0 Å². The first kappa shape index (κ1) is 15.0. The quantitative estimate of drug-likeness (QED) is 0.815. The molecule has 1 saturated heterocycles. The zero-order valence-electron chi connectivity index (χ0n) is 11.8. The van der Waals surface area contributed by atoms with Crippen molar-refractivity contribution in [2.24, 2.45) is 0 Å². The molecule has 1 aliphatic heterocycles. The first-order valence-electron chi connectivity index (χ1n) is 6.93. The average Bonchev–Trinajstić information content (AvgIpc) is 2.47. The van der Waals surface area contributed by atoms with E-state index in [1.165, 1.54) is 0 Å². The molecule has 0 saturated carbocycles. The Morgan fingerprint density at radius 1 is 1.35 bits per heavy atom. The van der Waals surface area contributed by atoms with Crippen molar-refractivity contribution in [3.05, 3.63) is 35.9 Å². The van der Waals surface area contributed by atoms with E-state index in [0.29, 0.717) is 19.8 Å². The monoisotopic (exact) mass is 278 g/mol. The average molecular weight is 278 g/mol. The predicted molar refractivity (Wildman–Crippen MR) is 76.3 cm³/mol. The summed E-state index contributed by atoms with van der Waals surface area (Å²) < 4.78 is 5.24. The minimum atomic E-state index is -1.05. The molecule has 0 aromatic heterocycles. The number of nitrogens with zero attached hydrogens (tertiary/aromatic N) is 1. The topological polar surface area (TPSA) is 61.8 Å². The van der Waals surface area contributed by atoms with Crippen LogP contribution in [-0.2, 0) is 15.1 Å². The number of nitrogens with one attached hydrogen (secondary N) is 1. The van der Waals surface area contributed by atoms with Crippen molar-refractivity contribution in [1.29, 1.82) is 0 Å². The second-order valence-corrected chi connectivity index (χ2v) is 5.31. The molecule has 1 amide bonds. The number of carbonyl (C=O) groups excluding carboxylic acids is 1. The Balaban J connectivity index is 1.80. The van der Waals surface area contributed by atoms with Crippen molar-refractivity contribution in [3.63, 3.8) is 0 Å². The van der Waals surface area contributed by atoms with Crippen LogP contribution in [0.15, 0.2) is 30.3 Å². The molecule has 1 aliphatic rings. The molecule has 5 heteroatoms. The van der Waals surface area contributed by atoms with Gasteiger partial charge in [0.15, 0.2) is 0 Å². The highest BCUT2D eigenvalue weighted by molar-refractivity contribution is 5.78. The number of hydrogen-bond donors (Lipinski definition) is 2. The van der Waals surface area contributed by atoms with Crippen molar-refractivity contribution in [2.45, 2.75) is 12.5 Å². The molecule has 2 rings (SSSR count). The van der Waals surface area contributed by atoms with E-state index in [9.17, 15) is 9.90 Å². The van der Waals surface area contributed by atoms with Crippen molar-refractivity contribution < 1.29 is 14.6 Å². The van der Waals surface area contributed by atoms with E-state index >= 15 is 0 Å². The van der Waals surface area contributed by atoms with Crippen molar-refractivity contribution >= 4 is 5.91 Å². The minimum Gasteiger partial charge on any atom is -0.384 e. The van der Waals surface area contributed by atoms with Crippen LogP contribution in [0, 0.1) is 0 Å². The van der Waals surface area contributed by atoms with Gasteiger partial charge in [-0.15, -0.1) is 0 Å². The van der Waals surface area contributed by atoms with Gasteiger partial charge in [0, 0.05) is 13.1 Å². The van der Waals surface area contributed by atoms with E-state index in [2.05, 4.69) is 10.2 Å². The van der Waals surface area contributed by atoms with Crippen LogP contribution in [0.5, 0.6) is 0 Å². The third-order valence-electron chi connectivity index (χ3n) is 3.50. The summed E-state index contributed by atoms with van der Waals surface area (Å²) in [7, 11) is 0. The standard InChI is InChI=1S/C15H22N2O3/c1-15(19,13-5-3-2-4-6-13)12-16-14(18)11-17-7-9-20-10-8-17/h2-6,19H,7-12H2,1H3,(H,16,18). The van der Waals surface area contributed by atoms with Gasteiger partial charge in [-0.1, -0.05) is 30.3 Å². The smallest absolute Gasteiger partial charge is 0.234 e. The van der Waals surface area contributed by atoms with Gasteiger partial charge in [0.1, 0.15) is 5.60 Å². The van der Waals surface area contributed by atoms with Crippen molar-refractivity contribution in [3.8, 4) is 0 Å². The van der Waals surface area contributed by atoms with Crippen LogP contribution in [0.1, 0.15) is 12.5 Å². The van der Waals surface area contributed by atoms with Crippen LogP contribution in [0.25, 0.3) is 0 Å². The maximum Gasteiger partial charge on any atom is 0.234 e. The molecule has 5 nitrogen and oxygen atoms in total. The molecule has 20 heavy (non-hydrogen) atoms. The fourth-order valence-electron chi connectivity index (χ4n) is 2.19. The maximum atomic E-state index is 11.9. The molecule has 1 aromatic rings. The van der Waals surface area contributed by atoms with Gasteiger partial charge < -0.3 is 15.2 Å². The first-order valence-corrected chi connectivity index (χ1v) is 6.93. The number of amides is 1. The summed E-state index contributed by atoms with van der Waals surface area (Å²) in [4.78, 5) is 13.9. The minimum absolute atomic E-state index is 0.0666. The fourth-order valence-corrected chi connectivity index (χ4v) is 2.19. The van der Waals surface area contributed by atoms with Gasteiger partial charge in [-0.05, 0) is 12.5 Å². The fraction of sp³-hybridized carbons (Fsp3) is 0.533. The molecule has 1 atom stereocenters. The van der Waals surface area contributed by atoms with E-state index in [-0.39, 0.29) is 12.5 Å². The van der Waals surface area contributed by atoms with E-state index in [4.69, 9.17) is 4.74 Å². The van der Waals surface area contributed by atoms with Crippen LogP contribution in [0.3, 0.4) is 0 Å². The van der Waals surface area contributed by atoms with Crippen LogP contribution < -0.4 is 5.32 Å². The van der Waals surface area contributed by atoms with Gasteiger partial charge >= 0.3 is 0 Å². The van der Waals surface area contributed by atoms with Gasteiger partial charge in [-0.25, -0.2) is 0 Å².